The van der Waals surface area contributed by atoms with Crippen LogP contribution in [0.1, 0.15) is 5.56 Å². The van der Waals surface area contributed by atoms with E-state index in [0.717, 1.165) is 26.7 Å². The molecule has 1 heterocycles. The predicted octanol–water partition coefficient (Wildman–Crippen LogP) is 3.31. The number of nitrogens with zero attached hydrogens (tertiary/aromatic N) is 1. The molecule has 0 unspecified atom stereocenters. The molecule has 3 nitrogen and oxygen atoms in total. The highest BCUT2D eigenvalue weighted by Crippen LogP contribution is 2.38. The molecule has 0 atom stereocenters. The summed E-state index contributed by atoms with van der Waals surface area (Å²) < 4.78 is 6.33. The molecule has 2 aromatic rings. The predicted molar refractivity (Wildman–Crippen MR) is 65.5 cm³/mol. The lowest BCUT2D eigenvalue weighted by atomic mass is 10.2. The third-order valence-corrected chi connectivity index (χ3v) is 3.84. The van der Waals surface area contributed by atoms with Crippen molar-refractivity contribution >= 4 is 38.3 Å². The van der Waals surface area contributed by atoms with Gasteiger partial charge in [0.1, 0.15) is 11.3 Å². The Hall–Kier alpha value is -1.000. The van der Waals surface area contributed by atoms with E-state index in [9.17, 15) is 0 Å². The number of hydrogen-bond acceptors (Lipinski definition) is 4. The normalized spacial score (nSPS) is 10.7. The molecule has 2 rings (SSSR count). The first-order chi connectivity index (χ1) is 7.17. The van der Waals surface area contributed by atoms with E-state index in [4.69, 9.17) is 16.3 Å². The fourth-order valence-corrected chi connectivity index (χ4v) is 2.59. The van der Waals surface area contributed by atoms with Gasteiger partial charge in [-0.25, -0.2) is 4.98 Å². The zero-order valence-corrected chi connectivity index (χ0v) is 10.3. The maximum atomic E-state index is 6.10. The first-order valence-electron chi connectivity index (χ1n) is 4.48. The number of ether oxygens (including phenoxy) is 1. The number of fused-ring (bicyclic) bond motifs is 1. The van der Waals surface area contributed by atoms with E-state index in [-0.39, 0.29) is 0 Å². The van der Waals surface area contributed by atoms with E-state index >= 15 is 0 Å². The number of thiazole rings is 1. The number of nitrogens with one attached hydrogen (secondary N) is 1. The minimum absolute atomic E-state index is 0.714. The van der Waals surface area contributed by atoms with Gasteiger partial charge in [-0.2, -0.15) is 0 Å². The van der Waals surface area contributed by atoms with Crippen molar-refractivity contribution in [3.05, 3.63) is 16.7 Å². The van der Waals surface area contributed by atoms with Crippen molar-refractivity contribution < 1.29 is 4.74 Å². The van der Waals surface area contributed by atoms with Crippen LogP contribution >= 0.6 is 22.9 Å². The Morgan fingerprint density at radius 2 is 2.27 bits per heavy atom. The molecule has 0 aliphatic carbocycles. The van der Waals surface area contributed by atoms with Crippen molar-refractivity contribution in [3.63, 3.8) is 0 Å². The molecule has 1 aromatic carbocycles. The number of aryl methyl sites for hydroxylation is 1. The van der Waals surface area contributed by atoms with E-state index in [1.54, 1.807) is 24.5 Å². The number of hydrogen-bond donors (Lipinski definition) is 1. The summed E-state index contributed by atoms with van der Waals surface area (Å²) in [5.41, 5.74) is 1.92. The van der Waals surface area contributed by atoms with Gasteiger partial charge in [0.25, 0.3) is 0 Å². The molecule has 0 bridgehead atoms. The van der Waals surface area contributed by atoms with Crippen molar-refractivity contribution in [1.29, 1.82) is 0 Å². The van der Waals surface area contributed by atoms with E-state index in [0.29, 0.717) is 5.02 Å². The molecule has 0 amide bonds. The Morgan fingerprint density at radius 1 is 1.53 bits per heavy atom. The van der Waals surface area contributed by atoms with Crippen LogP contribution in [-0.2, 0) is 0 Å². The van der Waals surface area contributed by atoms with Gasteiger partial charge in [0.2, 0.25) is 0 Å². The molecule has 1 aromatic heterocycles. The first-order valence-corrected chi connectivity index (χ1v) is 5.68. The van der Waals surface area contributed by atoms with Crippen molar-refractivity contribution in [2.45, 2.75) is 6.92 Å². The SMILES string of the molecule is CNc1nc2c(OC)cc(Cl)c(C)c2s1. The number of halogens is 1. The van der Waals surface area contributed by atoms with Crippen LogP contribution in [-0.4, -0.2) is 19.1 Å². The topological polar surface area (TPSA) is 34.2 Å². The third-order valence-electron chi connectivity index (χ3n) is 2.25. The average molecular weight is 243 g/mol. The molecule has 0 saturated heterocycles. The number of benzene rings is 1. The number of methoxy groups -OCH3 is 1. The van der Waals surface area contributed by atoms with E-state index < -0.39 is 0 Å². The highest BCUT2D eigenvalue weighted by Gasteiger charge is 2.13. The molecule has 0 saturated carbocycles. The Kier molecular flexibility index (Phi) is 2.71. The molecule has 0 radical (unpaired) electrons. The molecule has 80 valence electrons. The largest absolute Gasteiger partial charge is 0.494 e. The number of aromatic nitrogens is 1. The van der Waals surface area contributed by atoms with Gasteiger partial charge >= 0.3 is 0 Å². The molecule has 0 fully saturated rings. The monoisotopic (exact) mass is 242 g/mol. The Morgan fingerprint density at radius 3 is 2.87 bits per heavy atom. The van der Waals surface area contributed by atoms with Gasteiger partial charge in [-0.1, -0.05) is 22.9 Å². The second-order valence-corrected chi connectivity index (χ2v) is 4.54. The van der Waals surface area contributed by atoms with Gasteiger partial charge in [-0.05, 0) is 12.5 Å². The van der Waals surface area contributed by atoms with Crippen LogP contribution < -0.4 is 10.1 Å². The maximum Gasteiger partial charge on any atom is 0.183 e. The van der Waals surface area contributed by atoms with Crippen LogP contribution in [0.2, 0.25) is 5.02 Å². The zero-order valence-electron chi connectivity index (χ0n) is 8.72. The molecule has 5 heteroatoms. The summed E-state index contributed by atoms with van der Waals surface area (Å²) in [5, 5.41) is 4.61. The summed E-state index contributed by atoms with van der Waals surface area (Å²) >= 11 is 7.68. The van der Waals surface area contributed by atoms with E-state index in [1.165, 1.54) is 0 Å². The summed E-state index contributed by atoms with van der Waals surface area (Å²) in [5.74, 6) is 0.721. The Balaban J connectivity index is 2.80. The van der Waals surface area contributed by atoms with Gasteiger partial charge in [0, 0.05) is 18.1 Å². The Bertz CT molecular complexity index is 510. The highest BCUT2D eigenvalue weighted by atomic mass is 35.5. The molecular formula is C10H11ClN2OS. The van der Waals surface area contributed by atoms with Crippen molar-refractivity contribution in [3.8, 4) is 5.75 Å². The average Bonchev–Trinajstić information content (AvgIpc) is 2.67. The van der Waals surface area contributed by atoms with Crippen LogP contribution in [0, 0.1) is 6.92 Å². The van der Waals surface area contributed by atoms with Crippen LogP contribution in [0.15, 0.2) is 6.07 Å². The van der Waals surface area contributed by atoms with E-state index in [1.807, 2.05) is 14.0 Å². The summed E-state index contributed by atoms with van der Waals surface area (Å²) in [7, 11) is 3.47. The van der Waals surface area contributed by atoms with Gasteiger partial charge in [0.05, 0.1) is 11.8 Å². The minimum Gasteiger partial charge on any atom is -0.494 e. The van der Waals surface area contributed by atoms with Crippen molar-refractivity contribution in [2.75, 3.05) is 19.5 Å². The van der Waals surface area contributed by atoms with Crippen LogP contribution in [0.5, 0.6) is 5.75 Å². The maximum absolute atomic E-state index is 6.10. The summed E-state index contributed by atoms with van der Waals surface area (Å²) in [4.78, 5) is 4.43. The lowest BCUT2D eigenvalue weighted by Crippen LogP contribution is -1.88. The van der Waals surface area contributed by atoms with Crippen molar-refractivity contribution in [1.82, 2.24) is 4.98 Å². The van der Waals surface area contributed by atoms with Crippen LogP contribution in [0.25, 0.3) is 10.2 Å². The fourth-order valence-electron chi connectivity index (χ4n) is 1.40. The minimum atomic E-state index is 0.714. The summed E-state index contributed by atoms with van der Waals surface area (Å²) in [6.45, 7) is 1.99. The number of rotatable bonds is 2. The smallest absolute Gasteiger partial charge is 0.183 e. The molecule has 1 N–H and O–H groups in total. The molecule has 0 aliphatic heterocycles. The molecule has 0 aliphatic rings. The molecule has 15 heavy (non-hydrogen) atoms. The molecule has 0 spiro atoms. The van der Waals surface area contributed by atoms with Crippen LogP contribution in [0.3, 0.4) is 0 Å². The number of anilines is 1. The molecular weight excluding hydrogens is 232 g/mol. The first kappa shape index (κ1) is 10.5. The highest BCUT2D eigenvalue weighted by molar-refractivity contribution is 7.22. The fraction of sp³-hybridized carbons (Fsp3) is 0.300. The van der Waals surface area contributed by atoms with Gasteiger partial charge in [0.15, 0.2) is 5.13 Å². The van der Waals surface area contributed by atoms with Gasteiger partial charge < -0.3 is 10.1 Å². The quantitative estimate of drug-likeness (QED) is 0.877. The van der Waals surface area contributed by atoms with Crippen LogP contribution in [0.4, 0.5) is 5.13 Å². The summed E-state index contributed by atoms with van der Waals surface area (Å²) in [6, 6.07) is 1.80. The van der Waals surface area contributed by atoms with E-state index in [2.05, 4.69) is 10.3 Å². The zero-order chi connectivity index (χ0) is 11.0. The second kappa shape index (κ2) is 3.87. The van der Waals surface area contributed by atoms with Gasteiger partial charge in [-0.3, -0.25) is 0 Å². The van der Waals surface area contributed by atoms with Crippen molar-refractivity contribution in [2.24, 2.45) is 0 Å². The Labute approximate surface area is 97.0 Å². The third kappa shape index (κ3) is 1.64. The lowest BCUT2D eigenvalue weighted by Gasteiger charge is -2.04. The summed E-state index contributed by atoms with van der Waals surface area (Å²) in [6.07, 6.45) is 0. The standard InChI is InChI=1S/C10H11ClN2OS/c1-5-6(11)4-7(14-3)8-9(5)15-10(12-2)13-8/h4H,1-3H3,(H,12,13). The van der Waals surface area contributed by atoms with Gasteiger partial charge in [-0.15, -0.1) is 0 Å². The lowest BCUT2D eigenvalue weighted by molar-refractivity contribution is 0.419. The second-order valence-electron chi connectivity index (χ2n) is 3.13.